The summed E-state index contributed by atoms with van der Waals surface area (Å²) >= 11 is 0. The predicted molar refractivity (Wildman–Crippen MR) is 94.4 cm³/mol. The van der Waals surface area contributed by atoms with E-state index in [2.05, 4.69) is 5.32 Å². The molecule has 3 rings (SSSR count). The van der Waals surface area contributed by atoms with Gasteiger partial charge in [0.05, 0.1) is 10.3 Å². The SMILES string of the molecule is Cc1cc(C)c(NC(=O)[C@]23CC[C@](C)(C(=O)C2)C3(C)C)c([N+](=O)[O-])c1. The topological polar surface area (TPSA) is 89.3 Å². The number of benzene rings is 1. The second-order valence-corrected chi connectivity index (χ2v) is 8.33. The Morgan fingerprint density at radius 2 is 1.84 bits per heavy atom. The Balaban J connectivity index is 2.03. The molecule has 0 aromatic heterocycles. The van der Waals surface area contributed by atoms with Crippen molar-refractivity contribution in [3.05, 3.63) is 33.4 Å². The van der Waals surface area contributed by atoms with E-state index in [1.807, 2.05) is 26.8 Å². The first-order valence-electron chi connectivity index (χ1n) is 8.57. The number of nitro groups is 1. The number of fused-ring (bicyclic) bond motifs is 2. The summed E-state index contributed by atoms with van der Waals surface area (Å²) in [5.41, 5.74) is -0.231. The Morgan fingerprint density at radius 1 is 1.20 bits per heavy atom. The van der Waals surface area contributed by atoms with Crippen molar-refractivity contribution in [2.45, 2.75) is 53.9 Å². The molecule has 1 aromatic carbocycles. The number of nitrogens with zero attached hydrogens (tertiary/aromatic N) is 1. The zero-order valence-corrected chi connectivity index (χ0v) is 15.4. The number of nitrogens with one attached hydrogen (secondary N) is 1. The largest absolute Gasteiger partial charge is 0.320 e. The van der Waals surface area contributed by atoms with Crippen molar-refractivity contribution in [2.24, 2.45) is 16.2 Å². The van der Waals surface area contributed by atoms with E-state index in [4.69, 9.17) is 0 Å². The van der Waals surface area contributed by atoms with Gasteiger partial charge in [-0.15, -0.1) is 0 Å². The van der Waals surface area contributed by atoms with Crippen molar-refractivity contribution in [1.29, 1.82) is 0 Å². The van der Waals surface area contributed by atoms with Crippen LogP contribution in [0.4, 0.5) is 11.4 Å². The molecule has 134 valence electrons. The minimum Gasteiger partial charge on any atom is -0.320 e. The molecule has 1 aromatic rings. The third-order valence-electron chi connectivity index (χ3n) is 7.03. The van der Waals surface area contributed by atoms with Crippen LogP contribution < -0.4 is 5.32 Å². The number of anilines is 1. The zero-order valence-electron chi connectivity index (χ0n) is 15.4. The van der Waals surface area contributed by atoms with Gasteiger partial charge in [0.15, 0.2) is 0 Å². The van der Waals surface area contributed by atoms with Crippen molar-refractivity contribution < 1.29 is 14.5 Å². The van der Waals surface area contributed by atoms with Crippen molar-refractivity contribution >= 4 is 23.1 Å². The van der Waals surface area contributed by atoms with Crippen LogP contribution in [0.3, 0.4) is 0 Å². The van der Waals surface area contributed by atoms with Gasteiger partial charge in [-0.2, -0.15) is 0 Å². The molecule has 2 aliphatic rings. The van der Waals surface area contributed by atoms with Crippen LogP contribution in [0.1, 0.15) is 51.2 Å². The number of hydrogen-bond acceptors (Lipinski definition) is 4. The van der Waals surface area contributed by atoms with Crippen molar-refractivity contribution in [3.63, 3.8) is 0 Å². The number of nitro benzene ring substituents is 1. The molecule has 1 amide bonds. The minimum absolute atomic E-state index is 0.106. The highest BCUT2D eigenvalue weighted by Crippen LogP contribution is 2.70. The summed E-state index contributed by atoms with van der Waals surface area (Å²) in [6.07, 6.45) is 1.52. The second kappa shape index (κ2) is 5.13. The summed E-state index contributed by atoms with van der Waals surface area (Å²) in [5.74, 6) is -0.156. The predicted octanol–water partition coefficient (Wildman–Crippen LogP) is 3.94. The van der Waals surface area contributed by atoms with E-state index in [0.717, 1.165) is 5.56 Å². The lowest BCUT2D eigenvalue weighted by Gasteiger charge is -2.38. The van der Waals surface area contributed by atoms with Crippen molar-refractivity contribution in [1.82, 2.24) is 0 Å². The van der Waals surface area contributed by atoms with Gasteiger partial charge in [0.1, 0.15) is 11.5 Å². The highest BCUT2D eigenvalue weighted by Gasteiger charge is 2.72. The molecule has 2 atom stereocenters. The normalized spacial score (nSPS) is 29.7. The van der Waals surface area contributed by atoms with Crippen molar-refractivity contribution in [3.8, 4) is 0 Å². The maximum atomic E-state index is 13.2. The third-order valence-corrected chi connectivity index (χ3v) is 7.03. The molecule has 2 aliphatic carbocycles. The number of carbonyl (C=O) groups is 2. The first kappa shape index (κ1) is 17.6. The van der Waals surface area contributed by atoms with E-state index in [1.165, 1.54) is 6.07 Å². The van der Waals surface area contributed by atoms with Gasteiger partial charge in [-0.1, -0.05) is 26.8 Å². The lowest BCUT2D eigenvalue weighted by molar-refractivity contribution is -0.384. The average Bonchev–Trinajstić information content (AvgIpc) is 2.79. The Bertz CT molecular complexity index is 814. The maximum Gasteiger partial charge on any atom is 0.293 e. The van der Waals surface area contributed by atoms with Gasteiger partial charge in [-0.05, 0) is 43.2 Å². The van der Waals surface area contributed by atoms with Gasteiger partial charge < -0.3 is 5.32 Å². The molecule has 0 aliphatic heterocycles. The van der Waals surface area contributed by atoms with Gasteiger partial charge in [0, 0.05) is 17.9 Å². The Hall–Kier alpha value is -2.24. The standard InChI is InChI=1S/C19H24N2O4/c1-11-8-12(2)15(13(9-11)21(24)25)20-16(23)19-7-6-18(5,14(22)10-19)17(19,3)4/h8-9H,6-7,10H2,1-5H3,(H,20,23)/t18-,19+/m1/s1. The van der Waals surface area contributed by atoms with E-state index in [9.17, 15) is 19.7 Å². The Kier molecular flexibility index (Phi) is 3.61. The van der Waals surface area contributed by atoms with Crippen LogP contribution >= 0.6 is 0 Å². The summed E-state index contributed by atoms with van der Waals surface area (Å²) in [6.45, 7) is 9.42. The number of aryl methyl sites for hydroxylation is 2. The molecular formula is C19H24N2O4. The number of carbonyl (C=O) groups excluding carboxylic acids is 2. The second-order valence-electron chi connectivity index (χ2n) is 8.33. The molecule has 0 heterocycles. The summed E-state index contributed by atoms with van der Waals surface area (Å²) in [7, 11) is 0. The highest BCUT2D eigenvalue weighted by molar-refractivity contribution is 6.05. The van der Waals surface area contributed by atoms with Crippen molar-refractivity contribution in [2.75, 3.05) is 5.32 Å². The maximum absolute atomic E-state index is 13.2. The number of amides is 1. The molecule has 0 saturated heterocycles. The molecule has 0 spiro atoms. The number of hydrogen-bond donors (Lipinski definition) is 1. The quantitative estimate of drug-likeness (QED) is 0.664. The van der Waals surface area contributed by atoms with Crippen LogP contribution in [-0.4, -0.2) is 16.6 Å². The Morgan fingerprint density at radius 3 is 2.32 bits per heavy atom. The number of rotatable bonds is 3. The van der Waals surface area contributed by atoms with Crippen LogP contribution in [0.5, 0.6) is 0 Å². The molecule has 2 saturated carbocycles. The van der Waals surface area contributed by atoms with Gasteiger partial charge in [0.2, 0.25) is 5.91 Å². The van der Waals surface area contributed by atoms with Gasteiger partial charge >= 0.3 is 0 Å². The smallest absolute Gasteiger partial charge is 0.293 e. The van der Waals surface area contributed by atoms with E-state index in [1.54, 1.807) is 13.8 Å². The molecule has 6 nitrogen and oxygen atoms in total. The molecule has 6 heteroatoms. The fourth-order valence-corrected chi connectivity index (χ4v) is 4.85. The van der Waals surface area contributed by atoms with E-state index in [0.29, 0.717) is 18.4 Å². The zero-order chi connectivity index (χ0) is 18.8. The number of ketones is 1. The summed E-state index contributed by atoms with van der Waals surface area (Å²) < 4.78 is 0. The van der Waals surface area contributed by atoms with Crippen LogP contribution in [-0.2, 0) is 9.59 Å². The third kappa shape index (κ3) is 2.09. The van der Waals surface area contributed by atoms with Gasteiger partial charge in [-0.25, -0.2) is 0 Å². The Labute approximate surface area is 147 Å². The molecule has 2 bridgehead atoms. The van der Waals surface area contributed by atoms with Gasteiger partial charge in [0.25, 0.3) is 5.69 Å². The van der Waals surface area contributed by atoms with E-state index < -0.39 is 21.2 Å². The molecule has 2 fully saturated rings. The van der Waals surface area contributed by atoms with Crippen LogP contribution in [0.2, 0.25) is 0 Å². The monoisotopic (exact) mass is 344 g/mol. The lowest BCUT2D eigenvalue weighted by atomic mass is 9.64. The fourth-order valence-electron chi connectivity index (χ4n) is 4.85. The van der Waals surface area contributed by atoms with E-state index >= 15 is 0 Å². The molecular weight excluding hydrogens is 320 g/mol. The molecule has 0 radical (unpaired) electrons. The fraction of sp³-hybridized carbons (Fsp3) is 0.579. The summed E-state index contributed by atoms with van der Waals surface area (Å²) in [4.78, 5) is 36.7. The first-order chi connectivity index (χ1) is 11.5. The van der Waals surface area contributed by atoms with Crippen LogP contribution in [0, 0.1) is 40.2 Å². The summed E-state index contributed by atoms with van der Waals surface area (Å²) in [5, 5.41) is 14.2. The average molecular weight is 344 g/mol. The lowest BCUT2D eigenvalue weighted by Crippen LogP contribution is -2.43. The van der Waals surface area contributed by atoms with E-state index in [-0.39, 0.29) is 29.5 Å². The van der Waals surface area contributed by atoms with Gasteiger partial charge in [-0.3, -0.25) is 19.7 Å². The molecule has 1 N–H and O–H groups in total. The minimum atomic E-state index is -0.802. The molecule has 25 heavy (non-hydrogen) atoms. The first-order valence-corrected chi connectivity index (χ1v) is 8.57. The molecule has 0 unspecified atom stereocenters. The van der Waals surface area contributed by atoms with Crippen LogP contribution in [0.15, 0.2) is 12.1 Å². The highest BCUT2D eigenvalue weighted by atomic mass is 16.6. The number of Topliss-reactive ketones (excluding diaryl/α,β-unsaturated/α-hetero) is 1. The summed E-state index contributed by atoms with van der Waals surface area (Å²) in [6, 6.07) is 3.27. The van der Waals surface area contributed by atoms with Crippen LogP contribution in [0.25, 0.3) is 0 Å².